The van der Waals surface area contributed by atoms with Crippen LogP contribution in [0.3, 0.4) is 0 Å². The first kappa shape index (κ1) is 12.6. The van der Waals surface area contributed by atoms with E-state index in [2.05, 4.69) is 24.2 Å². The molecule has 4 aliphatic rings. The second kappa shape index (κ2) is 4.46. The highest BCUT2D eigenvalue weighted by Crippen LogP contribution is 2.64. The molecule has 0 aromatic carbocycles. The highest BCUT2D eigenvalue weighted by Gasteiger charge is 2.64. The minimum Gasteiger partial charge on any atom is -0.310 e. The fourth-order valence-corrected chi connectivity index (χ4v) is 6.48. The van der Waals surface area contributed by atoms with Crippen LogP contribution in [-0.4, -0.2) is 37.1 Å². The summed E-state index contributed by atoms with van der Waals surface area (Å²) in [6.07, 6.45) is 10.3. The number of hydrogen-bond acceptors (Lipinski definition) is 2. The van der Waals surface area contributed by atoms with Gasteiger partial charge >= 0.3 is 0 Å². The first-order chi connectivity index (χ1) is 9.20. The highest BCUT2D eigenvalue weighted by molar-refractivity contribution is 5.18. The Balaban J connectivity index is 1.64. The largest absolute Gasteiger partial charge is 0.310 e. The van der Waals surface area contributed by atoms with Gasteiger partial charge in [0.15, 0.2) is 0 Å². The lowest BCUT2D eigenvalue weighted by Crippen LogP contribution is -2.52. The third kappa shape index (κ3) is 1.75. The summed E-state index contributed by atoms with van der Waals surface area (Å²) in [5.74, 6) is 3.03. The van der Waals surface area contributed by atoms with Gasteiger partial charge in [0.05, 0.1) is 0 Å². The molecule has 19 heavy (non-hydrogen) atoms. The van der Waals surface area contributed by atoms with Crippen LogP contribution in [0.25, 0.3) is 0 Å². The Morgan fingerprint density at radius 2 is 1.95 bits per heavy atom. The Hall–Kier alpha value is -0.0800. The van der Waals surface area contributed by atoms with Crippen LogP contribution in [-0.2, 0) is 0 Å². The molecule has 2 heteroatoms. The molecule has 2 saturated heterocycles. The molecule has 2 aliphatic carbocycles. The van der Waals surface area contributed by atoms with Crippen molar-refractivity contribution in [3.05, 3.63) is 0 Å². The van der Waals surface area contributed by atoms with E-state index < -0.39 is 0 Å². The number of piperidine rings is 1. The van der Waals surface area contributed by atoms with Crippen molar-refractivity contribution in [2.75, 3.05) is 20.1 Å². The maximum Gasteiger partial charge on any atom is 0.0135 e. The number of nitrogens with zero attached hydrogens (tertiary/aromatic N) is 1. The lowest BCUT2D eigenvalue weighted by Gasteiger charge is -2.49. The summed E-state index contributed by atoms with van der Waals surface area (Å²) in [7, 11) is 2.32. The summed E-state index contributed by atoms with van der Waals surface area (Å²) in [6.45, 7) is 5.14. The van der Waals surface area contributed by atoms with Crippen molar-refractivity contribution < 1.29 is 0 Å². The zero-order valence-electron chi connectivity index (χ0n) is 12.7. The van der Waals surface area contributed by atoms with E-state index >= 15 is 0 Å². The Morgan fingerprint density at radius 1 is 1.11 bits per heavy atom. The first-order valence-corrected chi connectivity index (χ1v) is 8.65. The standard InChI is InChI=1S/C17H30N2/c1-12-9-13-11-15-14-5-3-7-19(2)8-4-6-17(13,14)16(10-12)18-15/h12-16,18H,3-11H2,1-2H3. The molecule has 0 aromatic rings. The van der Waals surface area contributed by atoms with Gasteiger partial charge in [-0.15, -0.1) is 0 Å². The zero-order chi connectivity index (χ0) is 13.0. The van der Waals surface area contributed by atoms with Crippen molar-refractivity contribution in [3.63, 3.8) is 0 Å². The molecule has 4 fully saturated rings. The van der Waals surface area contributed by atoms with E-state index in [-0.39, 0.29) is 0 Å². The lowest BCUT2D eigenvalue weighted by atomic mass is 9.57. The molecule has 2 nitrogen and oxygen atoms in total. The molecule has 2 saturated carbocycles. The molecule has 2 heterocycles. The van der Waals surface area contributed by atoms with Gasteiger partial charge in [0, 0.05) is 12.1 Å². The van der Waals surface area contributed by atoms with Gasteiger partial charge in [-0.2, -0.15) is 0 Å². The van der Waals surface area contributed by atoms with Crippen molar-refractivity contribution in [2.45, 2.75) is 64.0 Å². The molecule has 108 valence electrons. The third-order valence-corrected chi connectivity index (χ3v) is 7.07. The lowest BCUT2D eigenvalue weighted by molar-refractivity contribution is 0.0226. The van der Waals surface area contributed by atoms with Gasteiger partial charge in [0.2, 0.25) is 0 Å². The molecule has 1 N–H and O–H groups in total. The van der Waals surface area contributed by atoms with Crippen molar-refractivity contribution in [3.8, 4) is 0 Å². The number of hydrogen-bond donors (Lipinski definition) is 1. The maximum absolute atomic E-state index is 4.06. The minimum atomic E-state index is 0.711. The van der Waals surface area contributed by atoms with Crippen LogP contribution in [0, 0.1) is 23.2 Å². The van der Waals surface area contributed by atoms with E-state index in [9.17, 15) is 0 Å². The molecule has 0 aromatic heterocycles. The molecule has 0 amide bonds. The SMILES string of the molecule is CC1CC2CC3NC(C1)C21CCCN(C)CCCC31. The molecule has 2 aliphatic heterocycles. The van der Waals surface area contributed by atoms with Gasteiger partial charge in [-0.25, -0.2) is 0 Å². The molecular formula is C17H30N2. The van der Waals surface area contributed by atoms with Gasteiger partial charge in [0.25, 0.3) is 0 Å². The van der Waals surface area contributed by atoms with Gasteiger partial charge in [-0.3, -0.25) is 0 Å². The predicted molar refractivity (Wildman–Crippen MR) is 79.1 cm³/mol. The Bertz CT molecular complexity index is 337. The van der Waals surface area contributed by atoms with E-state index in [1.54, 1.807) is 0 Å². The molecule has 1 spiro atoms. The van der Waals surface area contributed by atoms with Crippen molar-refractivity contribution in [1.82, 2.24) is 10.2 Å². The van der Waals surface area contributed by atoms with Crippen LogP contribution in [0.5, 0.6) is 0 Å². The highest BCUT2D eigenvalue weighted by atomic mass is 15.1. The zero-order valence-corrected chi connectivity index (χ0v) is 12.7. The van der Waals surface area contributed by atoms with Crippen molar-refractivity contribution in [2.24, 2.45) is 23.2 Å². The van der Waals surface area contributed by atoms with Gasteiger partial charge in [0.1, 0.15) is 0 Å². The smallest absolute Gasteiger partial charge is 0.0135 e. The van der Waals surface area contributed by atoms with Crippen LogP contribution in [0.4, 0.5) is 0 Å². The Morgan fingerprint density at radius 3 is 2.79 bits per heavy atom. The Kier molecular flexibility index (Phi) is 2.97. The second-order valence-corrected chi connectivity index (χ2v) is 8.10. The summed E-state index contributed by atoms with van der Waals surface area (Å²) >= 11 is 0. The number of nitrogens with one attached hydrogen (secondary N) is 1. The van der Waals surface area contributed by atoms with Crippen LogP contribution in [0.1, 0.15) is 51.9 Å². The van der Waals surface area contributed by atoms with Crippen molar-refractivity contribution >= 4 is 0 Å². The Labute approximate surface area is 118 Å². The monoisotopic (exact) mass is 262 g/mol. The minimum absolute atomic E-state index is 0.711. The first-order valence-electron chi connectivity index (χ1n) is 8.65. The van der Waals surface area contributed by atoms with Crippen LogP contribution in [0.15, 0.2) is 0 Å². The van der Waals surface area contributed by atoms with E-state index in [0.29, 0.717) is 5.41 Å². The van der Waals surface area contributed by atoms with Gasteiger partial charge < -0.3 is 10.2 Å². The third-order valence-electron chi connectivity index (χ3n) is 7.07. The normalized spacial score (nSPS) is 54.3. The fourth-order valence-electron chi connectivity index (χ4n) is 6.48. The van der Waals surface area contributed by atoms with E-state index in [0.717, 1.165) is 29.8 Å². The molecule has 6 atom stereocenters. The quantitative estimate of drug-likeness (QED) is 0.722. The predicted octanol–water partition coefficient (Wildman–Crippen LogP) is 2.89. The van der Waals surface area contributed by atoms with E-state index in [1.807, 2.05) is 0 Å². The summed E-state index contributed by atoms with van der Waals surface area (Å²) in [5, 5.41) is 4.06. The molecule has 0 radical (unpaired) electrons. The summed E-state index contributed by atoms with van der Waals surface area (Å²) in [5.41, 5.74) is 0.711. The van der Waals surface area contributed by atoms with Crippen LogP contribution in [0.2, 0.25) is 0 Å². The van der Waals surface area contributed by atoms with Crippen LogP contribution >= 0.6 is 0 Å². The van der Waals surface area contributed by atoms with Gasteiger partial charge in [-0.05, 0) is 88.3 Å². The van der Waals surface area contributed by atoms with E-state index in [1.165, 1.54) is 58.0 Å². The maximum atomic E-state index is 4.06. The van der Waals surface area contributed by atoms with Crippen LogP contribution < -0.4 is 5.32 Å². The second-order valence-electron chi connectivity index (χ2n) is 8.10. The summed E-state index contributed by atoms with van der Waals surface area (Å²) in [6, 6.07) is 1.75. The molecule has 6 unspecified atom stereocenters. The number of rotatable bonds is 0. The summed E-state index contributed by atoms with van der Waals surface area (Å²) in [4.78, 5) is 2.57. The fraction of sp³-hybridized carbons (Fsp3) is 1.00. The van der Waals surface area contributed by atoms with E-state index in [4.69, 9.17) is 0 Å². The van der Waals surface area contributed by atoms with Gasteiger partial charge in [-0.1, -0.05) is 6.92 Å². The average molecular weight is 262 g/mol. The molecule has 4 rings (SSSR count). The topological polar surface area (TPSA) is 15.3 Å². The van der Waals surface area contributed by atoms with Crippen molar-refractivity contribution in [1.29, 1.82) is 0 Å². The average Bonchev–Trinajstić information content (AvgIpc) is 2.79. The molecular weight excluding hydrogens is 232 g/mol. The summed E-state index contributed by atoms with van der Waals surface area (Å²) < 4.78 is 0. The molecule has 2 bridgehead atoms.